The number of nitrogens with one attached hydrogen (secondary N) is 2. The fraction of sp³-hybridized carbons (Fsp3) is 0.364. The van der Waals surface area contributed by atoms with Crippen LogP contribution in [-0.4, -0.2) is 82.8 Å². The number of carboxylic acids is 1. The van der Waals surface area contributed by atoms with E-state index in [1.165, 1.54) is 36.7 Å². The molecule has 4 unspecified atom stereocenters. The minimum atomic E-state index is -4.22. The highest BCUT2D eigenvalue weighted by Gasteiger charge is 2.47. The monoisotopic (exact) mass is 712 g/mol. The summed E-state index contributed by atoms with van der Waals surface area (Å²) in [5, 5.41) is 24.8. The Morgan fingerprint density at radius 2 is 1.81 bits per heavy atom. The fourth-order valence-electron chi connectivity index (χ4n) is 6.30. The van der Waals surface area contributed by atoms with Gasteiger partial charge in [-0.15, -0.1) is 0 Å². The first kappa shape index (κ1) is 35.3. The molecule has 12 nitrogen and oxygen atoms in total. The van der Waals surface area contributed by atoms with Crippen molar-refractivity contribution in [2.24, 2.45) is 0 Å². The van der Waals surface area contributed by atoms with Crippen molar-refractivity contribution in [1.29, 1.82) is 5.26 Å². The number of hydrogen-bond acceptors (Lipinski definition) is 8. The summed E-state index contributed by atoms with van der Waals surface area (Å²) in [4.78, 5) is 44.8. The second-order valence-corrected chi connectivity index (χ2v) is 14.6. The normalized spacial score (nSPS) is 20.8. The number of nitrogens with zero attached hydrogens (tertiary/aromatic N) is 4. The zero-order chi connectivity index (χ0) is 34.6. The number of amides is 2. The van der Waals surface area contributed by atoms with Gasteiger partial charge in [0.15, 0.2) is 0 Å². The van der Waals surface area contributed by atoms with Crippen LogP contribution in [0.4, 0.5) is 5.69 Å². The van der Waals surface area contributed by atoms with Crippen molar-refractivity contribution in [3.8, 4) is 6.07 Å². The quantitative estimate of drug-likeness (QED) is 0.277. The van der Waals surface area contributed by atoms with Crippen LogP contribution in [0.25, 0.3) is 0 Å². The molecular weight excluding hydrogens is 679 g/mol. The van der Waals surface area contributed by atoms with Gasteiger partial charge in [0.2, 0.25) is 15.9 Å². The molecule has 3 heterocycles. The van der Waals surface area contributed by atoms with Gasteiger partial charge < -0.3 is 15.7 Å². The lowest BCUT2D eigenvalue weighted by Gasteiger charge is -2.37. The number of halogens is 2. The molecule has 2 saturated heterocycles. The maximum atomic E-state index is 13.9. The number of aliphatic carboxylic acids is 1. The highest BCUT2D eigenvalue weighted by atomic mass is 35.5. The van der Waals surface area contributed by atoms with E-state index < -0.39 is 39.9 Å². The fourth-order valence-corrected chi connectivity index (χ4v) is 8.52. The zero-order valence-electron chi connectivity index (χ0n) is 26.0. The summed E-state index contributed by atoms with van der Waals surface area (Å²) in [6.07, 6.45) is 5.67. The first-order valence-corrected chi connectivity index (χ1v) is 17.6. The van der Waals surface area contributed by atoms with Gasteiger partial charge in [-0.25, -0.2) is 13.2 Å². The molecule has 0 radical (unpaired) electrons. The smallest absolute Gasteiger partial charge is 0.326 e. The van der Waals surface area contributed by atoms with Gasteiger partial charge in [0.1, 0.15) is 12.1 Å². The Labute approximate surface area is 288 Å². The van der Waals surface area contributed by atoms with Gasteiger partial charge in [-0.1, -0.05) is 47.8 Å². The predicted molar refractivity (Wildman–Crippen MR) is 179 cm³/mol. The number of anilines is 1. The van der Waals surface area contributed by atoms with Crippen molar-refractivity contribution in [2.75, 3.05) is 18.4 Å². The number of carbonyl (C=O) groups is 3. The summed E-state index contributed by atoms with van der Waals surface area (Å²) in [5.41, 5.74) is 1.17. The summed E-state index contributed by atoms with van der Waals surface area (Å²) < 4.78 is 29.0. The van der Waals surface area contributed by atoms with Crippen LogP contribution in [0, 0.1) is 11.3 Å². The highest BCUT2D eigenvalue weighted by Crippen LogP contribution is 2.33. The number of piperidine rings is 1. The number of carbonyl (C=O) groups excluding carboxylic acids is 2. The van der Waals surface area contributed by atoms with E-state index in [0.717, 1.165) is 30.1 Å². The second kappa shape index (κ2) is 15.0. The van der Waals surface area contributed by atoms with Crippen molar-refractivity contribution in [3.05, 3.63) is 87.7 Å². The standard InChI is InChI=1S/C33H34Cl2N6O6S/c1-20-5-2-3-12-40(20)24-15-29(41(19-24)48(46,47)25-7-4-6-22(13-25)16-36)31(42)39-28(33(44)45)14-21-8-10-23(11-9-21)38-32(43)30-26(34)17-37-18-27(30)35/h4,6-11,13,17-18,20,24,28-29H,2-3,5,12,14-15,19H2,1H3,(H,38,43)(H,39,42)(H,44,45). The Balaban J connectivity index is 1.33. The molecule has 0 bridgehead atoms. The zero-order valence-corrected chi connectivity index (χ0v) is 28.3. The maximum Gasteiger partial charge on any atom is 0.326 e. The van der Waals surface area contributed by atoms with Crippen LogP contribution in [0.3, 0.4) is 0 Å². The van der Waals surface area contributed by atoms with Crippen LogP contribution in [0.5, 0.6) is 0 Å². The van der Waals surface area contributed by atoms with Crippen molar-refractivity contribution < 1.29 is 27.9 Å². The van der Waals surface area contributed by atoms with Gasteiger partial charge in [-0.05, 0) is 68.6 Å². The van der Waals surface area contributed by atoms with E-state index in [1.54, 1.807) is 24.3 Å². The van der Waals surface area contributed by atoms with E-state index in [4.69, 9.17) is 23.2 Å². The minimum Gasteiger partial charge on any atom is -0.480 e. The Bertz CT molecular complexity index is 1830. The van der Waals surface area contributed by atoms with E-state index in [9.17, 15) is 33.2 Å². The molecule has 2 aliphatic heterocycles. The van der Waals surface area contributed by atoms with Gasteiger partial charge in [-0.3, -0.25) is 19.5 Å². The third kappa shape index (κ3) is 7.80. The van der Waals surface area contributed by atoms with Gasteiger partial charge in [0, 0.05) is 43.1 Å². The number of benzene rings is 2. The Morgan fingerprint density at radius 3 is 2.46 bits per heavy atom. The Kier molecular flexibility index (Phi) is 11.0. The number of pyridine rings is 1. The molecular formula is C33H34Cl2N6O6S. The number of nitriles is 1. The SMILES string of the molecule is CC1CCCCN1C1CC(C(=O)NC(Cc2ccc(NC(=O)c3c(Cl)cncc3Cl)cc2)C(=O)O)N(S(=O)(=O)c2cccc(C#N)c2)C1. The van der Waals surface area contributed by atoms with Crippen LogP contribution in [0.15, 0.2) is 65.8 Å². The molecule has 5 rings (SSSR count). The largest absolute Gasteiger partial charge is 0.480 e. The molecule has 0 saturated carbocycles. The van der Waals surface area contributed by atoms with E-state index in [2.05, 4.69) is 27.4 Å². The molecule has 3 aromatic rings. The number of sulfonamides is 1. The first-order chi connectivity index (χ1) is 22.9. The number of carboxylic acid groups (broad SMARTS) is 1. The molecule has 0 spiro atoms. The molecule has 252 valence electrons. The number of hydrogen-bond donors (Lipinski definition) is 3. The maximum absolute atomic E-state index is 13.9. The molecule has 1 aromatic heterocycles. The summed E-state index contributed by atoms with van der Waals surface area (Å²) in [6.45, 7) is 2.92. The molecule has 2 aromatic carbocycles. The van der Waals surface area contributed by atoms with Crippen molar-refractivity contribution in [1.82, 2.24) is 19.5 Å². The Hall–Kier alpha value is -4.06. The highest BCUT2D eigenvalue weighted by molar-refractivity contribution is 7.89. The van der Waals surface area contributed by atoms with Crippen LogP contribution in [-0.2, 0) is 26.0 Å². The third-order valence-corrected chi connectivity index (χ3v) is 11.2. The molecule has 2 aliphatic rings. The molecule has 2 fully saturated rings. The van der Waals surface area contributed by atoms with E-state index in [-0.39, 0.29) is 57.5 Å². The van der Waals surface area contributed by atoms with Crippen LogP contribution in [0.2, 0.25) is 10.0 Å². The van der Waals surface area contributed by atoms with Gasteiger partial charge >= 0.3 is 5.97 Å². The summed E-state index contributed by atoms with van der Waals surface area (Å²) >= 11 is 12.1. The molecule has 0 aliphatic carbocycles. The van der Waals surface area contributed by atoms with Crippen molar-refractivity contribution in [2.45, 2.75) is 68.1 Å². The lowest BCUT2D eigenvalue weighted by atomic mass is 9.99. The molecule has 15 heteroatoms. The van der Waals surface area contributed by atoms with Gasteiger partial charge in [-0.2, -0.15) is 9.57 Å². The topological polar surface area (TPSA) is 173 Å². The summed E-state index contributed by atoms with van der Waals surface area (Å²) in [7, 11) is -4.22. The minimum absolute atomic E-state index is 0.0579. The molecule has 4 atom stereocenters. The van der Waals surface area contributed by atoms with Crippen LogP contribution < -0.4 is 10.6 Å². The number of rotatable bonds is 10. The van der Waals surface area contributed by atoms with Crippen molar-refractivity contribution in [3.63, 3.8) is 0 Å². The van der Waals surface area contributed by atoms with Gasteiger partial charge in [0.25, 0.3) is 5.91 Å². The van der Waals surface area contributed by atoms with E-state index in [1.807, 2.05) is 6.07 Å². The van der Waals surface area contributed by atoms with Crippen molar-refractivity contribution >= 4 is 56.7 Å². The molecule has 3 N–H and O–H groups in total. The summed E-state index contributed by atoms with van der Waals surface area (Å²) in [5.74, 6) is -2.56. The number of aromatic nitrogens is 1. The lowest BCUT2D eigenvalue weighted by molar-refractivity contribution is -0.142. The number of likely N-dealkylation sites (tertiary alicyclic amines) is 1. The van der Waals surface area contributed by atoms with Gasteiger partial charge in [0.05, 0.1) is 32.1 Å². The van der Waals surface area contributed by atoms with Crippen LogP contribution >= 0.6 is 23.2 Å². The van der Waals surface area contributed by atoms with E-state index in [0.29, 0.717) is 11.3 Å². The third-order valence-electron chi connectivity index (χ3n) is 8.78. The molecule has 2 amide bonds. The van der Waals surface area contributed by atoms with Crippen LogP contribution in [0.1, 0.15) is 54.1 Å². The average Bonchev–Trinajstić information content (AvgIpc) is 3.52. The lowest BCUT2D eigenvalue weighted by Crippen LogP contribution is -2.51. The molecule has 48 heavy (non-hydrogen) atoms. The Morgan fingerprint density at radius 1 is 1.10 bits per heavy atom. The van der Waals surface area contributed by atoms with E-state index >= 15 is 0 Å². The first-order valence-electron chi connectivity index (χ1n) is 15.4. The second-order valence-electron chi connectivity index (χ2n) is 11.9. The summed E-state index contributed by atoms with van der Waals surface area (Å²) in [6, 6.07) is 11.4. The predicted octanol–water partition coefficient (Wildman–Crippen LogP) is 4.33. The average molecular weight is 714 g/mol.